The molecular formula is C23H22N4O6S. The Bertz CT molecular complexity index is 1240. The first-order valence-corrected chi connectivity index (χ1v) is 10.9. The van der Waals surface area contributed by atoms with E-state index < -0.39 is 10.8 Å². The van der Waals surface area contributed by atoms with E-state index in [9.17, 15) is 14.9 Å². The summed E-state index contributed by atoms with van der Waals surface area (Å²) in [4.78, 5) is 22.7. The maximum absolute atomic E-state index is 12.4. The number of nitro benzene ring substituents is 1. The lowest BCUT2D eigenvalue weighted by Crippen LogP contribution is -2.43. The molecule has 3 aromatic rings. The molecule has 1 aromatic heterocycles. The number of furan rings is 1. The molecule has 0 radical (unpaired) electrons. The minimum atomic E-state index is -0.538. The van der Waals surface area contributed by atoms with Gasteiger partial charge in [-0.1, -0.05) is 6.07 Å². The monoisotopic (exact) mass is 482 g/mol. The van der Waals surface area contributed by atoms with E-state index in [2.05, 4.69) is 28.3 Å². The predicted molar refractivity (Wildman–Crippen MR) is 128 cm³/mol. The summed E-state index contributed by atoms with van der Waals surface area (Å²) in [6, 6.07) is 13.3. The van der Waals surface area contributed by atoms with E-state index in [1.807, 2.05) is 6.07 Å². The van der Waals surface area contributed by atoms with Gasteiger partial charge in [-0.3, -0.25) is 25.8 Å². The number of hydrogen-bond acceptors (Lipinski definition) is 7. The Morgan fingerprint density at radius 3 is 2.74 bits per heavy atom. The lowest BCUT2D eigenvalue weighted by Gasteiger charge is -2.13. The van der Waals surface area contributed by atoms with Crippen molar-refractivity contribution in [3.05, 3.63) is 81.3 Å². The van der Waals surface area contributed by atoms with Crippen LogP contribution in [0.1, 0.15) is 33.9 Å². The second-order valence-corrected chi connectivity index (χ2v) is 7.92. The van der Waals surface area contributed by atoms with Gasteiger partial charge in [-0.25, -0.2) is 0 Å². The smallest absolute Gasteiger partial charge is 0.305 e. The third-order valence-electron chi connectivity index (χ3n) is 5.27. The highest BCUT2D eigenvalue weighted by atomic mass is 32.1. The van der Waals surface area contributed by atoms with Crippen LogP contribution in [0.5, 0.6) is 11.5 Å². The van der Waals surface area contributed by atoms with Crippen molar-refractivity contribution in [2.45, 2.75) is 25.9 Å². The van der Waals surface area contributed by atoms with Crippen molar-refractivity contribution >= 4 is 34.6 Å². The molecule has 1 heterocycles. The molecule has 4 rings (SSSR count). The lowest BCUT2D eigenvalue weighted by atomic mass is 10.1. The summed E-state index contributed by atoms with van der Waals surface area (Å²) in [5.74, 6) is 1.04. The first-order valence-electron chi connectivity index (χ1n) is 10.5. The van der Waals surface area contributed by atoms with Crippen LogP contribution in [0.3, 0.4) is 0 Å². The van der Waals surface area contributed by atoms with Crippen molar-refractivity contribution in [3.63, 3.8) is 0 Å². The number of hydrazine groups is 1. The van der Waals surface area contributed by atoms with Gasteiger partial charge in [0.05, 0.1) is 23.8 Å². The van der Waals surface area contributed by atoms with Crippen LogP contribution < -0.4 is 25.6 Å². The maximum Gasteiger partial charge on any atom is 0.305 e. The lowest BCUT2D eigenvalue weighted by molar-refractivity contribution is -0.384. The maximum atomic E-state index is 12.4. The standard InChI is InChI=1S/C23H22N4O6S/c1-31-21-12-16(27(29)30)6-9-19(21)24-23(34)26-25-22(28)20-10-8-18(33-20)13-32-17-7-5-14-3-2-4-15(14)11-17/h5-12H,2-4,13H2,1H3,(H,25,28)(H2,24,26,34). The molecule has 2 aromatic carbocycles. The van der Waals surface area contributed by atoms with E-state index >= 15 is 0 Å². The van der Waals surface area contributed by atoms with Gasteiger partial charge in [-0.15, -0.1) is 0 Å². The Hall–Kier alpha value is -4.12. The highest BCUT2D eigenvalue weighted by molar-refractivity contribution is 7.80. The molecule has 0 fully saturated rings. The largest absolute Gasteiger partial charge is 0.494 e. The summed E-state index contributed by atoms with van der Waals surface area (Å²) in [6.07, 6.45) is 3.35. The third-order valence-corrected chi connectivity index (χ3v) is 5.47. The number of benzene rings is 2. The SMILES string of the molecule is COc1cc([N+](=O)[O-])ccc1NC(=S)NNC(=O)c1ccc(COc2ccc3c(c2)CCC3)o1. The molecule has 0 aliphatic heterocycles. The molecule has 0 saturated heterocycles. The minimum Gasteiger partial charge on any atom is -0.494 e. The normalized spacial score (nSPS) is 11.9. The second kappa shape index (κ2) is 10.2. The van der Waals surface area contributed by atoms with Crippen LogP contribution in [-0.2, 0) is 19.4 Å². The number of fused-ring (bicyclic) bond motifs is 1. The highest BCUT2D eigenvalue weighted by Gasteiger charge is 2.15. The molecule has 0 bridgehead atoms. The number of methoxy groups -OCH3 is 1. The molecule has 0 spiro atoms. The van der Waals surface area contributed by atoms with Gasteiger partial charge >= 0.3 is 5.91 Å². The number of amides is 1. The molecule has 1 amide bonds. The zero-order chi connectivity index (χ0) is 24.1. The van der Waals surface area contributed by atoms with Crippen LogP contribution in [0.2, 0.25) is 0 Å². The Balaban J connectivity index is 1.27. The van der Waals surface area contributed by atoms with Gasteiger partial charge < -0.3 is 19.2 Å². The Labute approximate surface area is 200 Å². The van der Waals surface area contributed by atoms with Crippen LogP contribution >= 0.6 is 12.2 Å². The van der Waals surface area contributed by atoms with Gasteiger partial charge in [0.1, 0.15) is 23.9 Å². The van der Waals surface area contributed by atoms with E-state index in [1.54, 1.807) is 6.07 Å². The molecule has 176 valence electrons. The van der Waals surface area contributed by atoms with Crippen LogP contribution in [0.15, 0.2) is 52.9 Å². The number of hydrogen-bond donors (Lipinski definition) is 3. The minimum absolute atomic E-state index is 0.0484. The van der Waals surface area contributed by atoms with Gasteiger partial charge in [0.2, 0.25) is 0 Å². The number of carbonyl (C=O) groups excluding carboxylic acids is 1. The average molecular weight is 483 g/mol. The van der Waals surface area contributed by atoms with Crippen molar-refractivity contribution in [3.8, 4) is 11.5 Å². The third kappa shape index (κ3) is 5.44. The molecule has 0 unspecified atom stereocenters. The number of ether oxygens (including phenoxy) is 2. The molecule has 10 nitrogen and oxygen atoms in total. The summed E-state index contributed by atoms with van der Waals surface area (Å²) in [5, 5.41) is 13.7. The number of rotatable bonds is 7. The number of nitrogens with one attached hydrogen (secondary N) is 3. The van der Waals surface area contributed by atoms with Gasteiger partial charge in [0.15, 0.2) is 10.9 Å². The molecule has 0 saturated carbocycles. The summed E-state index contributed by atoms with van der Waals surface area (Å²) in [7, 11) is 1.38. The number of aryl methyl sites for hydroxylation is 2. The summed E-state index contributed by atoms with van der Waals surface area (Å²) in [6.45, 7) is 0.194. The summed E-state index contributed by atoms with van der Waals surface area (Å²) < 4.78 is 16.5. The van der Waals surface area contributed by atoms with Crippen molar-refractivity contribution in [1.29, 1.82) is 0 Å². The molecular weight excluding hydrogens is 460 g/mol. The van der Waals surface area contributed by atoms with E-state index in [-0.39, 0.29) is 28.9 Å². The first-order chi connectivity index (χ1) is 16.4. The van der Waals surface area contributed by atoms with E-state index in [0.29, 0.717) is 11.4 Å². The molecule has 34 heavy (non-hydrogen) atoms. The summed E-state index contributed by atoms with van der Waals surface area (Å²) >= 11 is 5.15. The Morgan fingerprint density at radius 2 is 1.94 bits per heavy atom. The average Bonchev–Trinajstić information content (AvgIpc) is 3.50. The number of anilines is 1. The second-order valence-electron chi connectivity index (χ2n) is 7.51. The topological polar surface area (TPSA) is 128 Å². The highest BCUT2D eigenvalue weighted by Crippen LogP contribution is 2.29. The van der Waals surface area contributed by atoms with Crippen LogP contribution in [0.4, 0.5) is 11.4 Å². The van der Waals surface area contributed by atoms with Gasteiger partial charge in [-0.2, -0.15) is 0 Å². The van der Waals surface area contributed by atoms with E-state index in [0.717, 1.165) is 18.6 Å². The number of nitro groups is 1. The van der Waals surface area contributed by atoms with E-state index in [4.69, 9.17) is 26.1 Å². The fourth-order valence-electron chi connectivity index (χ4n) is 3.60. The van der Waals surface area contributed by atoms with Crippen molar-refractivity contribution < 1.29 is 23.6 Å². The van der Waals surface area contributed by atoms with Crippen LogP contribution in [0, 0.1) is 10.1 Å². The zero-order valence-electron chi connectivity index (χ0n) is 18.3. The molecule has 3 N–H and O–H groups in total. The number of carbonyl (C=O) groups is 1. The van der Waals surface area contributed by atoms with Crippen LogP contribution in [-0.4, -0.2) is 23.1 Å². The van der Waals surface area contributed by atoms with Gasteiger partial charge in [0, 0.05) is 6.07 Å². The van der Waals surface area contributed by atoms with Crippen LogP contribution in [0.25, 0.3) is 0 Å². The van der Waals surface area contributed by atoms with Crippen molar-refractivity contribution in [2.75, 3.05) is 12.4 Å². The Kier molecular flexibility index (Phi) is 6.93. The van der Waals surface area contributed by atoms with Gasteiger partial charge in [-0.05, 0) is 72.9 Å². The zero-order valence-corrected chi connectivity index (χ0v) is 19.1. The molecule has 11 heteroatoms. The molecule has 1 aliphatic rings. The Morgan fingerprint density at radius 1 is 1.12 bits per heavy atom. The number of thiocarbonyl (C=S) groups is 1. The summed E-state index contributed by atoms with van der Waals surface area (Å²) in [5.41, 5.74) is 7.93. The first kappa shape index (κ1) is 23.1. The fraction of sp³-hybridized carbons (Fsp3) is 0.217. The number of non-ortho nitro benzene ring substituents is 1. The van der Waals surface area contributed by atoms with Gasteiger partial charge in [0.25, 0.3) is 5.69 Å². The molecule has 1 aliphatic carbocycles. The predicted octanol–water partition coefficient (Wildman–Crippen LogP) is 3.90. The number of nitrogens with zero attached hydrogens (tertiary/aromatic N) is 1. The fourth-order valence-corrected chi connectivity index (χ4v) is 3.76. The van der Waals surface area contributed by atoms with Crippen molar-refractivity contribution in [2.24, 2.45) is 0 Å². The van der Waals surface area contributed by atoms with E-state index in [1.165, 1.54) is 48.9 Å². The van der Waals surface area contributed by atoms with Crippen molar-refractivity contribution in [1.82, 2.24) is 10.9 Å². The molecule has 0 atom stereocenters. The quantitative estimate of drug-likeness (QED) is 0.261.